The Labute approximate surface area is 123 Å². The molecule has 1 aromatic rings. The van der Waals surface area contributed by atoms with E-state index in [4.69, 9.17) is 0 Å². The highest BCUT2D eigenvalue weighted by molar-refractivity contribution is 9.10. The van der Waals surface area contributed by atoms with Crippen molar-refractivity contribution in [2.45, 2.75) is 32.4 Å². The maximum absolute atomic E-state index is 12.3. The molecule has 2 atom stereocenters. The number of rotatable bonds is 2. The summed E-state index contributed by atoms with van der Waals surface area (Å²) in [5.74, 6) is 0.231. The molecule has 1 saturated heterocycles. The van der Waals surface area contributed by atoms with E-state index in [9.17, 15) is 4.79 Å². The summed E-state index contributed by atoms with van der Waals surface area (Å²) in [6, 6.07) is 8.83. The molecule has 0 spiro atoms. The Hall–Kier alpha value is -0.870. The van der Waals surface area contributed by atoms with Crippen LogP contribution in [0.3, 0.4) is 0 Å². The van der Waals surface area contributed by atoms with Crippen LogP contribution >= 0.6 is 15.9 Å². The maximum Gasteiger partial charge on any atom is 0.227 e. The summed E-state index contributed by atoms with van der Waals surface area (Å²) in [6.45, 7) is 6.01. The van der Waals surface area contributed by atoms with E-state index in [0.29, 0.717) is 18.5 Å². The van der Waals surface area contributed by atoms with Crippen LogP contribution in [0.15, 0.2) is 28.7 Å². The molecule has 0 bridgehead atoms. The molecule has 104 valence electrons. The van der Waals surface area contributed by atoms with E-state index < -0.39 is 0 Å². The normalized spacial score (nSPS) is 24.5. The van der Waals surface area contributed by atoms with Crippen molar-refractivity contribution in [2.24, 2.45) is 0 Å². The molecule has 0 aliphatic carbocycles. The summed E-state index contributed by atoms with van der Waals surface area (Å²) >= 11 is 3.41. The summed E-state index contributed by atoms with van der Waals surface area (Å²) in [7, 11) is 2.13. The van der Waals surface area contributed by atoms with Crippen molar-refractivity contribution in [3.05, 3.63) is 34.3 Å². The van der Waals surface area contributed by atoms with Crippen LogP contribution in [0.4, 0.5) is 0 Å². The first kappa shape index (κ1) is 14.5. The first-order valence-corrected chi connectivity index (χ1v) is 7.51. The van der Waals surface area contributed by atoms with Gasteiger partial charge in [0.15, 0.2) is 0 Å². The SMILES string of the molecule is CC1CN(C(=O)Cc2ccc(Br)cc2)CC(C)N1C. The van der Waals surface area contributed by atoms with Gasteiger partial charge in [0.05, 0.1) is 6.42 Å². The van der Waals surface area contributed by atoms with Crippen molar-refractivity contribution in [1.29, 1.82) is 0 Å². The zero-order valence-corrected chi connectivity index (χ0v) is 13.4. The summed E-state index contributed by atoms with van der Waals surface area (Å²) in [5, 5.41) is 0. The van der Waals surface area contributed by atoms with Crippen LogP contribution in [0.1, 0.15) is 19.4 Å². The number of likely N-dealkylation sites (N-methyl/N-ethyl adjacent to an activating group) is 1. The van der Waals surface area contributed by atoms with Gasteiger partial charge in [-0.05, 0) is 38.6 Å². The number of carbonyl (C=O) groups is 1. The topological polar surface area (TPSA) is 23.6 Å². The van der Waals surface area contributed by atoms with E-state index in [1.807, 2.05) is 29.2 Å². The van der Waals surface area contributed by atoms with Crippen molar-refractivity contribution < 1.29 is 4.79 Å². The van der Waals surface area contributed by atoms with Crippen molar-refractivity contribution in [3.8, 4) is 0 Å². The lowest BCUT2D eigenvalue weighted by atomic mass is 10.1. The molecule has 1 amide bonds. The maximum atomic E-state index is 12.3. The molecule has 0 saturated carbocycles. The fourth-order valence-electron chi connectivity index (χ4n) is 2.50. The molecule has 1 heterocycles. The molecule has 2 unspecified atom stereocenters. The quantitative estimate of drug-likeness (QED) is 0.834. The van der Waals surface area contributed by atoms with E-state index in [-0.39, 0.29) is 5.91 Å². The highest BCUT2D eigenvalue weighted by atomic mass is 79.9. The number of amides is 1. The smallest absolute Gasteiger partial charge is 0.227 e. The fraction of sp³-hybridized carbons (Fsp3) is 0.533. The second-order valence-electron chi connectivity index (χ2n) is 5.47. The summed E-state index contributed by atoms with van der Waals surface area (Å²) in [4.78, 5) is 16.7. The summed E-state index contributed by atoms with van der Waals surface area (Å²) in [5.41, 5.74) is 1.08. The van der Waals surface area contributed by atoms with Gasteiger partial charge in [-0.1, -0.05) is 28.1 Å². The molecule has 19 heavy (non-hydrogen) atoms. The van der Waals surface area contributed by atoms with Gasteiger partial charge in [0.25, 0.3) is 0 Å². The molecule has 0 N–H and O–H groups in total. The Morgan fingerprint density at radius 1 is 1.21 bits per heavy atom. The molecule has 1 aromatic carbocycles. The number of nitrogens with zero attached hydrogens (tertiary/aromatic N) is 2. The Balaban J connectivity index is 1.98. The Bertz CT molecular complexity index is 434. The van der Waals surface area contributed by atoms with Gasteiger partial charge < -0.3 is 4.90 Å². The number of hydrogen-bond donors (Lipinski definition) is 0. The number of piperazine rings is 1. The van der Waals surface area contributed by atoms with Crippen LogP contribution in [0, 0.1) is 0 Å². The van der Waals surface area contributed by atoms with Gasteiger partial charge in [-0.15, -0.1) is 0 Å². The van der Waals surface area contributed by atoms with E-state index >= 15 is 0 Å². The highest BCUT2D eigenvalue weighted by Gasteiger charge is 2.28. The van der Waals surface area contributed by atoms with Crippen molar-refractivity contribution in [1.82, 2.24) is 9.80 Å². The van der Waals surface area contributed by atoms with Gasteiger partial charge in [0, 0.05) is 29.6 Å². The third-order valence-electron chi connectivity index (χ3n) is 3.98. The molecule has 1 fully saturated rings. The number of benzene rings is 1. The third kappa shape index (κ3) is 3.57. The minimum absolute atomic E-state index is 0.231. The van der Waals surface area contributed by atoms with Crippen LogP contribution in [0.25, 0.3) is 0 Å². The fourth-order valence-corrected chi connectivity index (χ4v) is 2.76. The molecule has 0 aromatic heterocycles. The van der Waals surface area contributed by atoms with Crippen LogP contribution in [0.5, 0.6) is 0 Å². The van der Waals surface area contributed by atoms with Crippen LogP contribution in [-0.4, -0.2) is 47.9 Å². The molecule has 1 aliphatic heterocycles. The van der Waals surface area contributed by atoms with Crippen LogP contribution < -0.4 is 0 Å². The molecular formula is C15H21BrN2O. The Morgan fingerprint density at radius 2 is 1.74 bits per heavy atom. The van der Waals surface area contributed by atoms with Gasteiger partial charge in [-0.3, -0.25) is 9.69 Å². The zero-order chi connectivity index (χ0) is 14.0. The number of halogens is 1. The minimum Gasteiger partial charge on any atom is -0.339 e. The molecule has 1 aliphatic rings. The second-order valence-corrected chi connectivity index (χ2v) is 6.38. The van der Waals surface area contributed by atoms with Gasteiger partial charge in [0.2, 0.25) is 5.91 Å². The molecule has 2 rings (SSSR count). The van der Waals surface area contributed by atoms with E-state index in [0.717, 1.165) is 23.1 Å². The highest BCUT2D eigenvalue weighted by Crippen LogP contribution is 2.16. The molecule has 3 nitrogen and oxygen atoms in total. The predicted molar refractivity (Wildman–Crippen MR) is 81.1 cm³/mol. The van der Waals surface area contributed by atoms with E-state index in [2.05, 4.69) is 41.7 Å². The van der Waals surface area contributed by atoms with Gasteiger partial charge in [-0.2, -0.15) is 0 Å². The predicted octanol–water partition coefficient (Wildman–Crippen LogP) is 2.54. The van der Waals surface area contributed by atoms with Gasteiger partial charge in [-0.25, -0.2) is 0 Å². The Morgan fingerprint density at radius 3 is 2.26 bits per heavy atom. The lowest BCUT2D eigenvalue weighted by molar-refractivity contribution is -0.134. The Kier molecular flexibility index (Phi) is 4.63. The van der Waals surface area contributed by atoms with Gasteiger partial charge >= 0.3 is 0 Å². The average Bonchev–Trinajstić information content (AvgIpc) is 2.38. The number of carbonyl (C=O) groups excluding carboxylic acids is 1. The lowest BCUT2D eigenvalue weighted by Gasteiger charge is -2.42. The number of hydrogen-bond acceptors (Lipinski definition) is 2. The van der Waals surface area contributed by atoms with Gasteiger partial charge in [0.1, 0.15) is 0 Å². The molecule has 0 radical (unpaired) electrons. The van der Waals surface area contributed by atoms with Crippen molar-refractivity contribution in [2.75, 3.05) is 20.1 Å². The monoisotopic (exact) mass is 324 g/mol. The first-order valence-electron chi connectivity index (χ1n) is 6.71. The average molecular weight is 325 g/mol. The molecule has 4 heteroatoms. The van der Waals surface area contributed by atoms with Crippen LogP contribution in [0.2, 0.25) is 0 Å². The third-order valence-corrected chi connectivity index (χ3v) is 4.51. The lowest BCUT2D eigenvalue weighted by Crippen LogP contribution is -2.56. The first-order chi connectivity index (χ1) is 8.97. The summed E-state index contributed by atoms with van der Waals surface area (Å²) in [6.07, 6.45) is 0.496. The van der Waals surface area contributed by atoms with Crippen LogP contribution in [-0.2, 0) is 11.2 Å². The van der Waals surface area contributed by atoms with Crippen molar-refractivity contribution >= 4 is 21.8 Å². The standard InChI is InChI=1S/C15H21BrN2O/c1-11-9-18(10-12(2)17(11)3)15(19)8-13-4-6-14(16)7-5-13/h4-7,11-12H,8-10H2,1-3H3. The van der Waals surface area contributed by atoms with Crippen molar-refractivity contribution in [3.63, 3.8) is 0 Å². The molecular weight excluding hydrogens is 304 g/mol. The van der Waals surface area contributed by atoms with E-state index in [1.54, 1.807) is 0 Å². The summed E-state index contributed by atoms with van der Waals surface area (Å²) < 4.78 is 1.05. The second kappa shape index (κ2) is 6.06. The zero-order valence-electron chi connectivity index (χ0n) is 11.8. The van der Waals surface area contributed by atoms with E-state index in [1.165, 1.54) is 0 Å². The largest absolute Gasteiger partial charge is 0.339 e. The minimum atomic E-state index is 0.231.